The molecule has 4 heterocycles. The monoisotopic (exact) mass is 529 g/mol. The lowest BCUT2D eigenvalue weighted by molar-refractivity contribution is -0.384. The van der Waals surface area contributed by atoms with Gasteiger partial charge in [0.25, 0.3) is 11.2 Å². The number of anilines is 3. The Hall–Kier alpha value is -4.12. The first-order valence-electron chi connectivity index (χ1n) is 12.0. The molecule has 0 saturated carbocycles. The van der Waals surface area contributed by atoms with E-state index in [1.807, 2.05) is 4.90 Å². The lowest BCUT2D eigenvalue weighted by Gasteiger charge is -2.28. The number of nitrogens with two attached hydrogens (primary N) is 1. The number of nitrogens with one attached hydrogen (secondary N) is 2. The highest BCUT2D eigenvalue weighted by Crippen LogP contribution is 2.34. The van der Waals surface area contributed by atoms with E-state index in [1.165, 1.54) is 16.8 Å². The van der Waals surface area contributed by atoms with Gasteiger partial charge < -0.3 is 30.7 Å². The minimum Gasteiger partial charge on any atom is -0.394 e. The van der Waals surface area contributed by atoms with E-state index in [0.29, 0.717) is 11.3 Å². The van der Waals surface area contributed by atoms with Crippen molar-refractivity contribution in [3.8, 4) is 0 Å². The number of imidazole rings is 1. The van der Waals surface area contributed by atoms with E-state index in [0.717, 1.165) is 32.4 Å². The number of aliphatic hydroxyl groups excluding tert-OH is 3. The van der Waals surface area contributed by atoms with Crippen molar-refractivity contribution in [1.82, 2.24) is 19.5 Å². The molecular weight excluding hydrogens is 502 g/mol. The first kappa shape index (κ1) is 25.5. The zero-order chi connectivity index (χ0) is 27.0. The third-order valence-electron chi connectivity index (χ3n) is 6.61. The van der Waals surface area contributed by atoms with Gasteiger partial charge in [0.15, 0.2) is 17.4 Å². The van der Waals surface area contributed by atoms with Crippen molar-refractivity contribution in [1.29, 1.82) is 0 Å². The molecule has 0 radical (unpaired) electrons. The van der Waals surface area contributed by atoms with Crippen LogP contribution in [0.3, 0.4) is 0 Å². The topological polar surface area (TPSA) is 230 Å². The SMILES string of the molecule is Nc1nc2c(nc(N/N=C\c3ccc(N4CCCCC4)c([N+](=O)[O-])c3)n2[C@@H]2O[C@@H](CO)[C@@H](O)[C@H]2O)c(=O)[nH]1. The molecule has 202 valence electrons. The van der Waals surface area contributed by atoms with Crippen LogP contribution in [0.4, 0.5) is 23.3 Å². The summed E-state index contributed by atoms with van der Waals surface area (Å²) in [7, 11) is 0. The van der Waals surface area contributed by atoms with E-state index in [9.17, 15) is 30.2 Å². The third kappa shape index (κ3) is 4.65. The van der Waals surface area contributed by atoms with Crippen LogP contribution >= 0.6 is 0 Å². The lowest BCUT2D eigenvalue weighted by Crippen LogP contribution is -2.33. The van der Waals surface area contributed by atoms with E-state index in [4.69, 9.17) is 10.5 Å². The number of nitrogens with zero attached hydrogens (tertiary/aromatic N) is 6. The Balaban J connectivity index is 1.47. The Bertz CT molecular complexity index is 1430. The van der Waals surface area contributed by atoms with Crippen molar-refractivity contribution >= 4 is 40.6 Å². The molecule has 2 aromatic heterocycles. The minimum atomic E-state index is -1.50. The summed E-state index contributed by atoms with van der Waals surface area (Å²) < 4.78 is 6.79. The minimum absolute atomic E-state index is 0.0409. The van der Waals surface area contributed by atoms with Crippen molar-refractivity contribution in [2.24, 2.45) is 5.10 Å². The number of ether oxygens (including phenoxy) is 1. The van der Waals surface area contributed by atoms with Gasteiger partial charge in [-0.25, -0.2) is 10.4 Å². The number of piperidine rings is 1. The highest BCUT2D eigenvalue weighted by atomic mass is 16.6. The highest BCUT2D eigenvalue weighted by molar-refractivity contribution is 5.84. The van der Waals surface area contributed by atoms with Gasteiger partial charge in [-0.3, -0.25) is 24.5 Å². The molecule has 16 nitrogen and oxygen atoms in total. The zero-order valence-corrected chi connectivity index (χ0v) is 20.1. The molecule has 0 unspecified atom stereocenters. The molecule has 0 spiro atoms. The number of aliphatic hydroxyl groups is 3. The van der Waals surface area contributed by atoms with E-state index in [-0.39, 0.29) is 28.7 Å². The van der Waals surface area contributed by atoms with Crippen LogP contribution in [0.15, 0.2) is 28.1 Å². The number of aromatic amines is 1. The number of nitro groups is 1. The summed E-state index contributed by atoms with van der Waals surface area (Å²) in [4.78, 5) is 36.3. The second kappa shape index (κ2) is 10.3. The van der Waals surface area contributed by atoms with Crippen molar-refractivity contribution < 1.29 is 25.0 Å². The van der Waals surface area contributed by atoms with Gasteiger partial charge in [0.1, 0.15) is 24.0 Å². The van der Waals surface area contributed by atoms with Crippen LogP contribution in [0.25, 0.3) is 11.2 Å². The second-order valence-electron chi connectivity index (χ2n) is 9.08. The summed E-state index contributed by atoms with van der Waals surface area (Å²) in [6.07, 6.45) is -0.917. The van der Waals surface area contributed by atoms with Gasteiger partial charge in [-0.2, -0.15) is 10.1 Å². The number of rotatable bonds is 7. The van der Waals surface area contributed by atoms with Gasteiger partial charge >= 0.3 is 0 Å². The number of hydrazone groups is 1. The zero-order valence-electron chi connectivity index (χ0n) is 20.1. The van der Waals surface area contributed by atoms with Crippen molar-refractivity contribution in [3.05, 3.63) is 44.2 Å². The quantitative estimate of drug-likeness (QED) is 0.131. The third-order valence-corrected chi connectivity index (χ3v) is 6.61. The normalized spacial score (nSPS) is 23.9. The maximum Gasteiger partial charge on any atom is 0.293 e. The van der Waals surface area contributed by atoms with E-state index < -0.39 is 41.6 Å². The fourth-order valence-corrected chi connectivity index (χ4v) is 4.75. The Labute approximate surface area is 214 Å². The van der Waals surface area contributed by atoms with Crippen LogP contribution in [0, 0.1) is 10.1 Å². The molecule has 0 bridgehead atoms. The first-order valence-corrected chi connectivity index (χ1v) is 12.0. The largest absolute Gasteiger partial charge is 0.394 e. The lowest BCUT2D eigenvalue weighted by atomic mass is 10.1. The van der Waals surface area contributed by atoms with Gasteiger partial charge in [0.05, 0.1) is 17.7 Å². The average molecular weight is 530 g/mol. The maximum atomic E-state index is 12.4. The van der Waals surface area contributed by atoms with Crippen molar-refractivity contribution in [2.45, 2.75) is 43.8 Å². The number of hydrogen-bond donors (Lipinski definition) is 6. The predicted octanol–water partition coefficient (Wildman–Crippen LogP) is -0.342. The number of H-pyrrole nitrogens is 1. The summed E-state index contributed by atoms with van der Waals surface area (Å²) in [5.41, 5.74) is 8.41. The Morgan fingerprint density at radius 1 is 1.26 bits per heavy atom. The summed E-state index contributed by atoms with van der Waals surface area (Å²) >= 11 is 0. The summed E-state index contributed by atoms with van der Waals surface area (Å²) in [6, 6.07) is 4.80. The Morgan fingerprint density at radius 2 is 2.03 bits per heavy atom. The predicted molar refractivity (Wildman–Crippen MR) is 136 cm³/mol. The summed E-state index contributed by atoms with van der Waals surface area (Å²) in [6.45, 7) is 0.944. The standard InChI is InChI=1S/C22H27N9O7/c23-21-26-18-15(19(35)27-21)25-22(30(18)20-17(34)16(33)14(10-32)38-20)28-24-9-11-4-5-12(13(8-11)31(36)37)29-6-2-1-3-7-29/h4-5,8-9,14,16-17,20,32-34H,1-3,6-7,10H2,(H,25,28)(H3,23,26,27,35)/b24-9-/t14-,16+,17+,20+/m0/s1. The molecule has 0 aliphatic carbocycles. The number of nitrogen functional groups attached to an aromatic ring is 1. The molecule has 2 saturated heterocycles. The van der Waals surface area contributed by atoms with Crippen LogP contribution in [0.5, 0.6) is 0 Å². The van der Waals surface area contributed by atoms with Gasteiger partial charge in [-0.15, -0.1) is 0 Å². The number of nitro benzene ring substituents is 1. The molecule has 4 atom stereocenters. The fourth-order valence-electron chi connectivity index (χ4n) is 4.75. The number of aromatic nitrogens is 4. The maximum absolute atomic E-state index is 12.4. The van der Waals surface area contributed by atoms with E-state index in [2.05, 4.69) is 25.5 Å². The van der Waals surface area contributed by atoms with Gasteiger partial charge in [-0.05, 0) is 25.3 Å². The molecule has 16 heteroatoms. The van der Waals surface area contributed by atoms with Gasteiger partial charge in [-0.1, -0.05) is 6.07 Å². The average Bonchev–Trinajstić information content (AvgIpc) is 3.40. The van der Waals surface area contributed by atoms with Crippen LogP contribution in [0.2, 0.25) is 0 Å². The molecule has 1 aromatic carbocycles. The van der Waals surface area contributed by atoms with Crippen LogP contribution in [0.1, 0.15) is 31.1 Å². The molecule has 3 aromatic rings. The summed E-state index contributed by atoms with van der Waals surface area (Å²) in [5.74, 6) is -0.305. The smallest absolute Gasteiger partial charge is 0.293 e. The molecule has 2 aliphatic rings. The van der Waals surface area contributed by atoms with Gasteiger partial charge in [0.2, 0.25) is 11.9 Å². The molecule has 5 rings (SSSR count). The summed E-state index contributed by atoms with van der Waals surface area (Å²) in [5, 5.41) is 46.1. The molecule has 38 heavy (non-hydrogen) atoms. The Morgan fingerprint density at radius 3 is 2.71 bits per heavy atom. The molecule has 2 aliphatic heterocycles. The first-order chi connectivity index (χ1) is 18.3. The molecule has 7 N–H and O–H groups in total. The van der Waals surface area contributed by atoms with Crippen LogP contribution < -0.4 is 21.6 Å². The number of hydrogen-bond acceptors (Lipinski definition) is 13. The molecule has 0 amide bonds. The van der Waals surface area contributed by atoms with Crippen molar-refractivity contribution in [2.75, 3.05) is 35.8 Å². The van der Waals surface area contributed by atoms with Crippen molar-refractivity contribution in [3.63, 3.8) is 0 Å². The highest BCUT2D eigenvalue weighted by Gasteiger charge is 2.45. The number of fused-ring (bicyclic) bond motifs is 1. The molecular formula is C22H27N9O7. The van der Waals surface area contributed by atoms with Gasteiger partial charge in [0, 0.05) is 24.7 Å². The van der Waals surface area contributed by atoms with E-state index >= 15 is 0 Å². The second-order valence-corrected chi connectivity index (χ2v) is 9.08. The number of benzene rings is 1. The fraction of sp³-hybridized carbons (Fsp3) is 0.455. The van der Waals surface area contributed by atoms with E-state index in [1.54, 1.807) is 12.1 Å². The molecule has 2 fully saturated rings. The Kier molecular flexibility index (Phi) is 6.94. The van der Waals surface area contributed by atoms with Crippen LogP contribution in [-0.2, 0) is 4.74 Å². The van der Waals surface area contributed by atoms with Crippen LogP contribution in [-0.4, -0.2) is 84.0 Å².